The third-order valence-electron chi connectivity index (χ3n) is 5.49. The molecule has 4 rings (SSSR count). The van der Waals surface area contributed by atoms with Gasteiger partial charge in [0, 0.05) is 17.0 Å². The number of amides is 1. The molecular weight excluding hydrogens is 498 g/mol. The number of aromatic nitrogens is 2. The van der Waals surface area contributed by atoms with Crippen molar-refractivity contribution in [3.05, 3.63) is 63.4 Å². The Hall–Kier alpha value is -2.67. The van der Waals surface area contributed by atoms with Crippen LogP contribution in [0.4, 0.5) is 0 Å². The summed E-state index contributed by atoms with van der Waals surface area (Å²) in [5.74, 6) is -0.600. The topological polar surface area (TPSA) is 145 Å². The molecule has 2 heterocycles. The van der Waals surface area contributed by atoms with Crippen LogP contribution < -0.4 is 10.6 Å². The molecular formula is C22H22BrN3O7. The third-order valence-corrected chi connectivity index (χ3v) is 5.98. The molecule has 33 heavy (non-hydrogen) atoms. The van der Waals surface area contributed by atoms with Gasteiger partial charge < -0.3 is 25.2 Å². The van der Waals surface area contributed by atoms with E-state index in [1.54, 1.807) is 48.5 Å². The Labute approximate surface area is 196 Å². The highest BCUT2D eigenvalue weighted by Crippen LogP contribution is 2.26. The lowest BCUT2D eigenvalue weighted by atomic mass is 9.98. The predicted octanol–water partition coefficient (Wildman–Crippen LogP) is 0.110. The SMILES string of the molecule is CC(=O)N([C@@H]1O[C@H](CO)[C@@H](O)[C@H](O)[C@H]1O)n1c(-c2ccccc2)nc2ccc(Br)cc2c1=O. The smallest absolute Gasteiger partial charge is 0.280 e. The summed E-state index contributed by atoms with van der Waals surface area (Å²) in [7, 11) is 0. The summed E-state index contributed by atoms with van der Waals surface area (Å²) in [6.45, 7) is 0.477. The minimum Gasteiger partial charge on any atom is -0.394 e. The van der Waals surface area contributed by atoms with Crippen LogP contribution in [0, 0.1) is 0 Å². The molecule has 1 aromatic heterocycles. The summed E-state index contributed by atoms with van der Waals surface area (Å²) in [6.07, 6.45) is -7.99. The van der Waals surface area contributed by atoms with Gasteiger partial charge in [-0.2, -0.15) is 4.68 Å². The molecule has 174 valence electrons. The van der Waals surface area contributed by atoms with Crippen molar-refractivity contribution in [3.8, 4) is 11.4 Å². The number of benzene rings is 2. The summed E-state index contributed by atoms with van der Waals surface area (Å²) in [5.41, 5.74) is 0.276. The molecule has 4 N–H and O–H groups in total. The molecule has 0 unspecified atom stereocenters. The zero-order chi connectivity index (χ0) is 23.9. The zero-order valence-electron chi connectivity index (χ0n) is 17.4. The quantitative estimate of drug-likeness (QED) is 0.380. The monoisotopic (exact) mass is 519 g/mol. The molecule has 2 aromatic carbocycles. The van der Waals surface area contributed by atoms with Crippen LogP contribution in [-0.2, 0) is 9.53 Å². The lowest BCUT2D eigenvalue weighted by molar-refractivity contribution is -0.232. The average Bonchev–Trinajstić information content (AvgIpc) is 2.81. The Morgan fingerprint density at radius 2 is 1.82 bits per heavy atom. The van der Waals surface area contributed by atoms with Gasteiger partial charge in [-0.25, -0.2) is 9.99 Å². The van der Waals surface area contributed by atoms with Crippen molar-refractivity contribution in [3.63, 3.8) is 0 Å². The molecule has 0 spiro atoms. The summed E-state index contributed by atoms with van der Waals surface area (Å²) >= 11 is 3.33. The first-order chi connectivity index (χ1) is 15.7. The van der Waals surface area contributed by atoms with Gasteiger partial charge in [0.2, 0.25) is 5.91 Å². The van der Waals surface area contributed by atoms with Crippen LogP contribution in [0.3, 0.4) is 0 Å². The van der Waals surface area contributed by atoms with E-state index in [9.17, 15) is 30.0 Å². The van der Waals surface area contributed by atoms with Crippen molar-refractivity contribution in [2.75, 3.05) is 11.6 Å². The molecule has 1 amide bonds. The van der Waals surface area contributed by atoms with Crippen molar-refractivity contribution in [1.82, 2.24) is 9.66 Å². The first-order valence-corrected chi connectivity index (χ1v) is 10.9. The Kier molecular flexibility index (Phi) is 6.61. The number of carbonyl (C=O) groups is 1. The Morgan fingerprint density at radius 1 is 1.12 bits per heavy atom. The van der Waals surface area contributed by atoms with Gasteiger partial charge in [-0.15, -0.1) is 0 Å². The number of aliphatic hydroxyl groups is 4. The van der Waals surface area contributed by atoms with Gasteiger partial charge in [0.25, 0.3) is 5.56 Å². The molecule has 11 heteroatoms. The maximum Gasteiger partial charge on any atom is 0.280 e. The Balaban J connectivity index is 2.00. The van der Waals surface area contributed by atoms with Crippen LogP contribution >= 0.6 is 15.9 Å². The van der Waals surface area contributed by atoms with Crippen molar-refractivity contribution >= 4 is 32.7 Å². The highest BCUT2D eigenvalue weighted by atomic mass is 79.9. The Morgan fingerprint density at radius 3 is 2.45 bits per heavy atom. The second-order valence-corrected chi connectivity index (χ2v) is 8.58. The summed E-state index contributed by atoms with van der Waals surface area (Å²) in [6, 6.07) is 13.6. The fourth-order valence-corrected chi connectivity index (χ4v) is 4.20. The van der Waals surface area contributed by atoms with E-state index in [1.165, 1.54) is 0 Å². The van der Waals surface area contributed by atoms with Gasteiger partial charge in [0.05, 0.1) is 17.5 Å². The van der Waals surface area contributed by atoms with Crippen LogP contribution in [0.25, 0.3) is 22.3 Å². The van der Waals surface area contributed by atoms with Gasteiger partial charge in [0.1, 0.15) is 24.4 Å². The van der Waals surface area contributed by atoms with Crippen molar-refractivity contribution in [2.45, 2.75) is 37.6 Å². The average molecular weight is 520 g/mol. The normalized spacial score (nSPS) is 25.2. The predicted molar refractivity (Wildman–Crippen MR) is 122 cm³/mol. The van der Waals surface area contributed by atoms with Crippen molar-refractivity contribution in [1.29, 1.82) is 0 Å². The third kappa shape index (κ3) is 4.19. The Bertz CT molecular complexity index is 1230. The van der Waals surface area contributed by atoms with Gasteiger partial charge in [-0.05, 0) is 18.2 Å². The number of carbonyl (C=O) groups excluding carboxylic acids is 1. The maximum atomic E-state index is 13.7. The fraction of sp³-hybridized carbons (Fsp3) is 0.318. The lowest BCUT2D eigenvalue weighted by Gasteiger charge is -2.44. The van der Waals surface area contributed by atoms with E-state index in [0.717, 1.165) is 16.6 Å². The summed E-state index contributed by atoms with van der Waals surface area (Å²) in [5, 5.41) is 41.7. The molecule has 1 aliphatic rings. The largest absolute Gasteiger partial charge is 0.394 e. The molecule has 0 bridgehead atoms. The van der Waals surface area contributed by atoms with Crippen LogP contribution in [-0.4, -0.2) is 73.2 Å². The van der Waals surface area contributed by atoms with Gasteiger partial charge in [-0.1, -0.05) is 46.3 Å². The molecule has 0 saturated carbocycles. The molecule has 0 aliphatic carbocycles. The number of hydrogen-bond donors (Lipinski definition) is 4. The number of hydrogen-bond acceptors (Lipinski definition) is 8. The van der Waals surface area contributed by atoms with Gasteiger partial charge in [-0.3, -0.25) is 9.59 Å². The van der Waals surface area contributed by atoms with Crippen LogP contribution in [0.15, 0.2) is 57.8 Å². The fourth-order valence-electron chi connectivity index (χ4n) is 3.84. The molecule has 10 nitrogen and oxygen atoms in total. The molecule has 0 radical (unpaired) electrons. The first-order valence-electron chi connectivity index (χ1n) is 10.1. The van der Waals surface area contributed by atoms with E-state index < -0.39 is 48.7 Å². The number of nitrogens with zero attached hydrogens (tertiary/aromatic N) is 3. The second kappa shape index (κ2) is 9.29. The van der Waals surface area contributed by atoms with E-state index in [-0.39, 0.29) is 11.2 Å². The van der Waals surface area contributed by atoms with Gasteiger partial charge in [0.15, 0.2) is 12.1 Å². The van der Waals surface area contributed by atoms with Crippen molar-refractivity contribution < 1.29 is 30.0 Å². The van der Waals surface area contributed by atoms with Crippen LogP contribution in [0.1, 0.15) is 6.92 Å². The van der Waals surface area contributed by atoms with Crippen LogP contribution in [0.5, 0.6) is 0 Å². The standard InChI is InChI=1S/C22H22BrN3O7/c1-11(28)25(22-19(31)18(30)17(29)16(10-27)33-22)26-20(12-5-3-2-4-6-12)24-15-8-7-13(23)9-14(15)21(26)32/h2-9,16-19,22,27,29-31H,10H2,1H3/t16-,17-,18+,19-,22-/m1/s1. The number of aliphatic hydroxyl groups excluding tert-OH is 4. The van der Waals surface area contributed by atoms with E-state index in [4.69, 9.17) is 4.74 Å². The van der Waals surface area contributed by atoms with E-state index in [2.05, 4.69) is 20.9 Å². The minimum absolute atomic E-state index is 0.0996. The lowest BCUT2D eigenvalue weighted by Crippen LogP contribution is -2.67. The maximum absolute atomic E-state index is 13.7. The first kappa shape index (κ1) is 23.5. The highest BCUT2D eigenvalue weighted by molar-refractivity contribution is 9.10. The van der Waals surface area contributed by atoms with E-state index >= 15 is 0 Å². The molecule has 1 aliphatic heterocycles. The molecule has 3 aromatic rings. The number of ether oxygens (including phenoxy) is 1. The summed E-state index contributed by atoms with van der Waals surface area (Å²) in [4.78, 5) is 31.1. The number of fused-ring (bicyclic) bond motifs is 1. The minimum atomic E-state index is -1.78. The number of halogens is 1. The van der Waals surface area contributed by atoms with Gasteiger partial charge >= 0.3 is 0 Å². The number of rotatable bonds is 4. The molecule has 1 fully saturated rings. The van der Waals surface area contributed by atoms with E-state index in [1.807, 2.05) is 0 Å². The van der Waals surface area contributed by atoms with Crippen molar-refractivity contribution in [2.24, 2.45) is 0 Å². The van der Waals surface area contributed by atoms with Crippen LogP contribution in [0.2, 0.25) is 0 Å². The summed E-state index contributed by atoms with van der Waals surface area (Å²) < 4.78 is 7.19. The zero-order valence-corrected chi connectivity index (χ0v) is 19.0. The second-order valence-electron chi connectivity index (χ2n) is 7.66. The highest BCUT2D eigenvalue weighted by Gasteiger charge is 2.47. The molecule has 1 saturated heterocycles. The molecule has 5 atom stereocenters. The van der Waals surface area contributed by atoms with E-state index in [0.29, 0.717) is 15.6 Å².